The smallest absolute Gasteiger partial charge is 0.165 e. The van der Waals surface area contributed by atoms with Crippen LogP contribution in [0.5, 0.6) is 5.75 Å². The highest BCUT2D eigenvalue weighted by molar-refractivity contribution is 5.30. The van der Waals surface area contributed by atoms with Crippen LogP contribution in [-0.4, -0.2) is 20.8 Å². The van der Waals surface area contributed by atoms with Gasteiger partial charge in [-0.15, -0.1) is 0 Å². The molecule has 0 amide bonds. The molecule has 14 heavy (non-hydrogen) atoms. The van der Waals surface area contributed by atoms with Gasteiger partial charge in [-0.1, -0.05) is 6.07 Å². The third-order valence-electron chi connectivity index (χ3n) is 1.95. The fraction of sp³-hybridized carbons (Fsp3) is 0.400. The van der Waals surface area contributed by atoms with Gasteiger partial charge in [-0.3, -0.25) is 0 Å². The largest absolute Gasteiger partial charge is 0.494 e. The van der Waals surface area contributed by atoms with Gasteiger partial charge in [0.05, 0.1) is 19.8 Å². The molecule has 1 rings (SSSR count). The number of benzene rings is 1. The van der Waals surface area contributed by atoms with Crippen LogP contribution in [0.1, 0.15) is 11.6 Å². The van der Waals surface area contributed by atoms with Crippen molar-refractivity contribution in [1.29, 1.82) is 0 Å². The fourth-order valence-corrected chi connectivity index (χ4v) is 1.19. The van der Waals surface area contributed by atoms with E-state index in [0.29, 0.717) is 12.2 Å². The average molecular weight is 199 g/mol. The third kappa shape index (κ3) is 2.43. The van der Waals surface area contributed by atoms with Gasteiger partial charge in [0, 0.05) is 7.11 Å². The van der Waals surface area contributed by atoms with Gasteiger partial charge in [-0.2, -0.15) is 0 Å². The van der Waals surface area contributed by atoms with Gasteiger partial charge in [0.25, 0.3) is 0 Å². The summed E-state index contributed by atoms with van der Waals surface area (Å²) in [5, 5.41) is 0. The van der Waals surface area contributed by atoms with Crippen molar-refractivity contribution in [3.63, 3.8) is 0 Å². The number of nitrogens with two attached hydrogens (primary N) is 1. The molecule has 1 aromatic rings. The topological polar surface area (TPSA) is 44.5 Å². The van der Waals surface area contributed by atoms with E-state index >= 15 is 0 Å². The van der Waals surface area contributed by atoms with Gasteiger partial charge in [0.1, 0.15) is 0 Å². The molecule has 0 radical (unpaired) electrons. The monoisotopic (exact) mass is 199 g/mol. The summed E-state index contributed by atoms with van der Waals surface area (Å²) >= 11 is 0. The first-order valence-electron chi connectivity index (χ1n) is 4.27. The average Bonchev–Trinajstić information content (AvgIpc) is 2.18. The van der Waals surface area contributed by atoms with E-state index in [9.17, 15) is 4.39 Å². The summed E-state index contributed by atoms with van der Waals surface area (Å²) in [6.45, 7) is 0.367. The van der Waals surface area contributed by atoms with Crippen molar-refractivity contribution in [2.75, 3.05) is 20.8 Å². The molecule has 0 aliphatic heterocycles. The Balaban J connectivity index is 2.85. The van der Waals surface area contributed by atoms with Crippen LogP contribution in [0.4, 0.5) is 4.39 Å². The first-order chi connectivity index (χ1) is 6.69. The summed E-state index contributed by atoms with van der Waals surface area (Å²) in [6.07, 6.45) is 0. The first-order valence-corrected chi connectivity index (χ1v) is 4.27. The summed E-state index contributed by atoms with van der Waals surface area (Å²) in [5.74, 6) is -0.185. The van der Waals surface area contributed by atoms with E-state index in [1.807, 2.05) is 0 Å². The van der Waals surface area contributed by atoms with Crippen molar-refractivity contribution in [2.24, 2.45) is 5.73 Å². The van der Waals surface area contributed by atoms with E-state index in [4.69, 9.17) is 15.2 Å². The van der Waals surface area contributed by atoms with Crippen molar-refractivity contribution in [3.05, 3.63) is 29.6 Å². The molecule has 3 nitrogen and oxygen atoms in total. The van der Waals surface area contributed by atoms with E-state index in [1.54, 1.807) is 19.2 Å². The number of ether oxygens (including phenoxy) is 2. The lowest BCUT2D eigenvalue weighted by Crippen LogP contribution is -2.16. The molecule has 0 bridgehead atoms. The van der Waals surface area contributed by atoms with Gasteiger partial charge in [-0.25, -0.2) is 4.39 Å². The molecule has 0 aromatic heterocycles. The molecule has 78 valence electrons. The highest BCUT2D eigenvalue weighted by Crippen LogP contribution is 2.20. The molecular formula is C10H14FNO2. The maximum Gasteiger partial charge on any atom is 0.165 e. The summed E-state index contributed by atoms with van der Waals surface area (Å²) in [4.78, 5) is 0. The predicted octanol–water partition coefficient (Wildman–Crippen LogP) is 1.48. The highest BCUT2D eigenvalue weighted by Gasteiger charge is 2.09. The van der Waals surface area contributed by atoms with Crippen molar-refractivity contribution >= 4 is 0 Å². The minimum absolute atomic E-state index is 0.221. The number of halogens is 1. The number of hydrogen-bond donors (Lipinski definition) is 1. The van der Waals surface area contributed by atoms with Crippen molar-refractivity contribution in [1.82, 2.24) is 0 Å². The van der Waals surface area contributed by atoms with Crippen molar-refractivity contribution in [3.8, 4) is 5.75 Å². The zero-order valence-corrected chi connectivity index (χ0v) is 8.29. The standard InChI is InChI=1S/C10H14FNO2/c1-13-6-9(12)7-3-4-10(14-2)8(11)5-7/h3-5,9H,6,12H2,1-2H3/t9-/m0/s1. The number of methoxy groups -OCH3 is 2. The fourth-order valence-electron chi connectivity index (χ4n) is 1.19. The van der Waals surface area contributed by atoms with Crippen LogP contribution in [0.3, 0.4) is 0 Å². The molecule has 0 saturated heterocycles. The molecule has 0 heterocycles. The summed E-state index contributed by atoms with van der Waals surface area (Å²) in [6, 6.07) is 4.34. The molecule has 0 saturated carbocycles. The molecule has 1 atom stereocenters. The first kappa shape index (κ1) is 10.9. The lowest BCUT2D eigenvalue weighted by molar-refractivity contribution is 0.180. The van der Waals surface area contributed by atoms with Crippen molar-refractivity contribution < 1.29 is 13.9 Å². The van der Waals surface area contributed by atoms with Crippen LogP contribution in [-0.2, 0) is 4.74 Å². The van der Waals surface area contributed by atoms with Crippen LogP contribution in [0.2, 0.25) is 0 Å². The van der Waals surface area contributed by atoms with Gasteiger partial charge >= 0.3 is 0 Å². The minimum Gasteiger partial charge on any atom is -0.494 e. The Morgan fingerprint density at radius 3 is 2.64 bits per heavy atom. The Hall–Kier alpha value is -1.13. The third-order valence-corrected chi connectivity index (χ3v) is 1.95. The zero-order chi connectivity index (χ0) is 10.6. The molecule has 0 unspecified atom stereocenters. The second-order valence-corrected chi connectivity index (χ2v) is 2.96. The number of hydrogen-bond acceptors (Lipinski definition) is 3. The molecule has 0 spiro atoms. The zero-order valence-electron chi connectivity index (χ0n) is 8.29. The maximum absolute atomic E-state index is 13.2. The molecule has 2 N–H and O–H groups in total. The predicted molar refractivity (Wildman–Crippen MR) is 51.8 cm³/mol. The molecule has 1 aromatic carbocycles. The van der Waals surface area contributed by atoms with E-state index in [2.05, 4.69) is 0 Å². The van der Waals surface area contributed by atoms with Crippen LogP contribution < -0.4 is 10.5 Å². The SMILES string of the molecule is COC[C@H](N)c1ccc(OC)c(F)c1. The van der Waals surface area contributed by atoms with Gasteiger partial charge in [0.15, 0.2) is 11.6 Å². The molecule has 4 heteroatoms. The Bertz CT molecular complexity index is 304. The van der Waals surface area contributed by atoms with Crippen LogP contribution in [0, 0.1) is 5.82 Å². The summed E-state index contributed by atoms with van der Waals surface area (Å²) in [7, 11) is 2.98. The second kappa shape index (κ2) is 4.93. The van der Waals surface area contributed by atoms with Gasteiger partial charge in [-0.05, 0) is 17.7 Å². The summed E-state index contributed by atoms with van der Waals surface area (Å²) in [5.41, 5.74) is 6.43. The second-order valence-electron chi connectivity index (χ2n) is 2.96. The van der Waals surface area contributed by atoms with E-state index in [-0.39, 0.29) is 11.8 Å². The van der Waals surface area contributed by atoms with Crippen LogP contribution in [0.15, 0.2) is 18.2 Å². The van der Waals surface area contributed by atoms with Crippen molar-refractivity contribution in [2.45, 2.75) is 6.04 Å². The van der Waals surface area contributed by atoms with E-state index in [1.165, 1.54) is 13.2 Å². The van der Waals surface area contributed by atoms with E-state index < -0.39 is 5.82 Å². The van der Waals surface area contributed by atoms with Crippen LogP contribution in [0.25, 0.3) is 0 Å². The molecule has 0 fully saturated rings. The summed E-state index contributed by atoms with van der Waals surface area (Å²) < 4.78 is 22.9. The Morgan fingerprint density at radius 1 is 1.43 bits per heavy atom. The van der Waals surface area contributed by atoms with Gasteiger partial charge < -0.3 is 15.2 Å². The quantitative estimate of drug-likeness (QED) is 0.798. The Labute approximate surface area is 82.6 Å². The van der Waals surface area contributed by atoms with E-state index in [0.717, 1.165) is 0 Å². The normalized spacial score (nSPS) is 12.6. The Morgan fingerprint density at radius 2 is 2.14 bits per heavy atom. The molecular weight excluding hydrogens is 185 g/mol. The van der Waals surface area contributed by atoms with Gasteiger partial charge in [0.2, 0.25) is 0 Å². The Kier molecular flexibility index (Phi) is 3.85. The number of rotatable bonds is 4. The molecule has 0 aliphatic rings. The van der Waals surface area contributed by atoms with Crippen LogP contribution >= 0.6 is 0 Å². The lowest BCUT2D eigenvalue weighted by Gasteiger charge is -2.11. The molecule has 0 aliphatic carbocycles. The minimum atomic E-state index is -0.406. The lowest BCUT2D eigenvalue weighted by atomic mass is 10.1. The maximum atomic E-state index is 13.2. The highest BCUT2D eigenvalue weighted by atomic mass is 19.1.